The Balaban J connectivity index is 4.01. The quantitative estimate of drug-likeness (QED) is 0.313. The first-order valence-corrected chi connectivity index (χ1v) is 3.22. The molecule has 4 heteroatoms. The minimum atomic E-state index is -0.257. The Kier molecular flexibility index (Phi) is 4.16. The van der Waals surface area contributed by atoms with E-state index in [9.17, 15) is 4.79 Å². The Labute approximate surface area is 60.1 Å². The predicted molar refractivity (Wildman–Crippen MR) is 37.6 cm³/mol. The van der Waals surface area contributed by atoms with E-state index in [0.29, 0.717) is 13.1 Å². The fraction of sp³-hybridized carbons (Fsp3) is 0.667. The SMILES string of the molecule is CCN(CC)C(=O)C=[N+]=[N-]. The third-order valence-electron chi connectivity index (χ3n) is 1.24. The molecule has 0 aromatic heterocycles. The smallest absolute Gasteiger partial charge is 0.344 e. The Morgan fingerprint density at radius 3 is 2.40 bits per heavy atom. The number of rotatable bonds is 3. The zero-order chi connectivity index (χ0) is 7.98. The number of amides is 1. The number of hydrogen-bond acceptors (Lipinski definition) is 1. The highest BCUT2D eigenvalue weighted by Crippen LogP contribution is 1.84. The van der Waals surface area contributed by atoms with E-state index in [4.69, 9.17) is 5.53 Å². The van der Waals surface area contributed by atoms with Gasteiger partial charge in [0.2, 0.25) is 0 Å². The molecule has 0 saturated carbocycles. The lowest BCUT2D eigenvalue weighted by atomic mass is 10.5. The van der Waals surface area contributed by atoms with Crippen molar-refractivity contribution in [3.63, 3.8) is 0 Å². The van der Waals surface area contributed by atoms with E-state index in [1.807, 2.05) is 13.8 Å². The summed E-state index contributed by atoms with van der Waals surface area (Å²) in [5.74, 6) is -0.257. The topological polar surface area (TPSA) is 56.7 Å². The first-order chi connectivity index (χ1) is 4.76. The van der Waals surface area contributed by atoms with E-state index < -0.39 is 0 Å². The fourth-order valence-corrected chi connectivity index (χ4v) is 0.666. The van der Waals surface area contributed by atoms with Crippen LogP contribution in [-0.4, -0.2) is 34.9 Å². The number of carbonyl (C=O) groups is 1. The maximum atomic E-state index is 10.8. The van der Waals surface area contributed by atoms with Crippen LogP contribution in [0.1, 0.15) is 13.8 Å². The molecular weight excluding hydrogens is 130 g/mol. The third-order valence-corrected chi connectivity index (χ3v) is 1.24. The van der Waals surface area contributed by atoms with Gasteiger partial charge in [-0.25, -0.2) is 0 Å². The van der Waals surface area contributed by atoms with Crippen LogP contribution < -0.4 is 0 Å². The Hall–Kier alpha value is -1.15. The van der Waals surface area contributed by atoms with Crippen LogP contribution in [0.5, 0.6) is 0 Å². The number of nitrogens with zero attached hydrogens (tertiary/aromatic N) is 3. The van der Waals surface area contributed by atoms with Crippen LogP contribution in [0.2, 0.25) is 0 Å². The van der Waals surface area contributed by atoms with Crippen LogP contribution >= 0.6 is 0 Å². The fourth-order valence-electron chi connectivity index (χ4n) is 0.666. The molecule has 0 aromatic carbocycles. The summed E-state index contributed by atoms with van der Waals surface area (Å²) in [5, 5.41) is 0. The minimum Gasteiger partial charge on any atom is -0.361 e. The molecule has 0 N–H and O–H groups in total. The standard InChI is InChI=1S/C6H11N3O/c1-3-9(4-2)6(10)5-8-7/h5H,3-4H2,1-2H3. The summed E-state index contributed by atoms with van der Waals surface area (Å²) in [7, 11) is 0. The Morgan fingerprint density at radius 1 is 1.60 bits per heavy atom. The molecule has 0 fully saturated rings. The van der Waals surface area contributed by atoms with Gasteiger partial charge in [-0.1, -0.05) is 0 Å². The normalized spacial score (nSPS) is 8.20. The molecule has 0 aliphatic rings. The lowest BCUT2D eigenvalue weighted by Gasteiger charge is -2.12. The zero-order valence-corrected chi connectivity index (χ0v) is 6.24. The van der Waals surface area contributed by atoms with Crippen LogP contribution in [0.15, 0.2) is 0 Å². The minimum absolute atomic E-state index is 0.257. The largest absolute Gasteiger partial charge is 0.361 e. The summed E-state index contributed by atoms with van der Waals surface area (Å²) in [4.78, 5) is 15.0. The summed E-state index contributed by atoms with van der Waals surface area (Å²) in [6.07, 6.45) is 0.896. The van der Waals surface area contributed by atoms with Gasteiger partial charge in [0.05, 0.1) is 0 Å². The van der Waals surface area contributed by atoms with Gasteiger partial charge < -0.3 is 10.4 Å². The van der Waals surface area contributed by atoms with Crippen molar-refractivity contribution in [2.24, 2.45) is 0 Å². The van der Waals surface area contributed by atoms with Crippen molar-refractivity contribution < 1.29 is 9.58 Å². The van der Waals surface area contributed by atoms with Crippen molar-refractivity contribution in [3.05, 3.63) is 5.53 Å². The lowest BCUT2D eigenvalue weighted by molar-refractivity contribution is -0.126. The Bertz CT molecular complexity index is 156. The van der Waals surface area contributed by atoms with Crippen molar-refractivity contribution in [2.75, 3.05) is 13.1 Å². The monoisotopic (exact) mass is 141 g/mol. The molecule has 0 spiro atoms. The molecule has 0 aliphatic carbocycles. The van der Waals surface area contributed by atoms with E-state index in [-0.39, 0.29) is 5.91 Å². The molecule has 1 amide bonds. The molecule has 0 aromatic rings. The summed E-state index contributed by atoms with van der Waals surface area (Å²) in [5.41, 5.74) is 8.00. The molecule has 56 valence electrons. The molecule has 0 unspecified atom stereocenters. The molecule has 0 bridgehead atoms. The van der Waals surface area contributed by atoms with E-state index in [2.05, 4.69) is 4.79 Å². The van der Waals surface area contributed by atoms with Gasteiger partial charge in [0.15, 0.2) is 0 Å². The van der Waals surface area contributed by atoms with Crippen molar-refractivity contribution in [1.29, 1.82) is 0 Å². The van der Waals surface area contributed by atoms with Gasteiger partial charge in [0.25, 0.3) is 0 Å². The summed E-state index contributed by atoms with van der Waals surface area (Å²) in [6, 6.07) is 0. The molecule has 0 saturated heterocycles. The average Bonchev–Trinajstić information content (AvgIpc) is 1.91. The molecule has 4 nitrogen and oxygen atoms in total. The molecule has 0 aliphatic heterocycles. The number of hydrogen-bond donors (Lipinski definition) is 0. The van der Waals surface area contributed by atoms with Crippen molar-refractivity contribution in [2.45, 2.75) is 13.8 Å². The van der Waals surface area contributed by atoms with E-state index in [1.165, 1.54) is 0 Å². The van der Waals surface area contributed by atoms with Crippen LogP contribution in [0.4, 0.5) is 0 Å². The molecular formula is C6H11N3O. The molecule has 0 heterocycles. The van der Waals surface area contributed by atoms with E-state index in [1.54, 1.807) is 4.90 Å². The summed E-state index contributed by atoms with van der Waals surface area (Å²) >= 11 is 0. The lowest BCUT2D eigenvalue weighted by Crippen LogP contribution is -2.31. The molecule has 0 radical (unpaired) electrons. The molecule has 10 heavy (non-hydrogen) atoms. The van der Waals surface area contributed by atoms with Gasteiger partial charge in [-0.3, -0.25) is 4.79 Å². The van der Waals surface area contributed by atoms with E-state index >= 15 is 0 Å². The average molecular weight is 141 g/mol. The second kappa shape index (κ2) is 4.70. The highest BCUT2D eigenvalue weighted by Gasteiger charge is 2.08. The zero-order valence-electron chi connectivity index (χ0n) is 6.24. The molecule has 0 rings (SSSR count). The second-order valence-electron chi connectivity index (χ2n) is 1.76. The third kappa shape index (κ3) is 2.42. The summed E-state index contributed by atoms with van der Waals surface area (Å²) in [6.45, 7) is 5.02. The second-order valence-corrected chi connectivity index (χ2v) is 1.76. The van der Waals surface area contributed by atoms with Crippen molar-refractivity contribution >= 4 is 12.1 Å². The van der Waals surface area contributed by atoms with Gasteiger partial charge in [0, 0.05) is 13.1 Å². The maximum absolute atomic E-state index is 10.8. The van der Waals surface area contributed by atoms with Gasteiger partial charge in [-0.05, 0) is 13.8 Å². The highest BCUT2D eigenvalue weighted by atomic mass is 16.2. The van der Waals surface area contributed by atoms with Crippen molar-refractivity contribution in [1.82, 2.24) is 4.90 Å². The van der Waals surface area contributed by atoms with Gasteiger partial charge in [-0.15, -0.1) is 0 Å². The highest BCUT2D eigenvalue weighted by molar-refractivity contribution is 6.23. The van der Waals surface area contributed by atoms with Gasteiger partial charge in [-0.2, -0.15) is 4.79 Å². The predicted octanol–water partition coefficient (Wildman–Crippen LogP) is 0.155. The number of carbonyl (C=O) groups excluding carboxylic acids is 1. The van der Waals surface area contributed by atoms with Crippen LogP contribution in [-0.2, 0) is 4.79 Å². The first kappa shape index (κ1) is 8.85. The van der Waals surface area contributed by atoms with Gasteiger partial charge in [0.1, 0.15) is 0 Å². The van der Waals surface area contributed by atoms with Crippen LogP contribution in [0, 0.1) is 0 Å². The van der Waals surface area contributed by atoms with Gasteiger partial charge >= 0.3 is 12.1 Å². The molecule has 0 atom stereocenters. The van der Waals surface area contributed by atoms with Crippen LogP contribution in [0.25, 0.3) is 5.53 Å². The maximum Gasteiger partial charge on any atom is 0.344 e. The summed E-state index contributed by atoms with van der Waals surface area (Å²) < 4.78 is 0. The van der Waals surface area contributed by atoms with Crippen molar-refractivity contribution in [3.8, 4) is 0 Å². The van der Waals surface area contributed by atoms with Crippen LogP contribution in [0.3, 0.4) is 0 Å². The Morgan fingerprint density at radius 2 is 2.10 bits per heavy atom. The van der Waals surface area contributed by atoms with E-state index in [0.717, 1.165) is 6.21 Å². The first-order valence-electron chi connectivity index (χ1n) is 3.22.